The first kappa shape index (κ1) is 23.8. The lowest BCUT2D eigenvalue weighted by molar-refractivity contribution is -0.140. The Hall–Kier alpha value is -2.32. The van der Waals surface area contributed by atoms with Crippen molar-refractivity contribution in [3.63, 3.8) is 0 Å². The Morgan fingerprint density at radius 2 is 1.55 bits per heavy atom. The number of carbonyl (C=O) groups excluding carboxylic acids is 1. The van der Waals surface area contributed by atoms with Gasteiger partial charge in [-0.2, -0.15) is 4.31 Å². The molecule has 2 fully saturated rings. The summed E-state index contributed by atoms with van der Waals surface area (Å²) in [5, 5.41) is 0. The van der Waals surface area contributed by atoms with Crippen molar-refractivity contribution in [2.75, 3.05) is 13.1 Å². The van der Waals surface area contributed by atoms with Gasteiger partial charge >= 0.3 is 0 Å². The lowest BCUT2D eigenvalue weighted by atomic mass is 9.90. The van der Waals surface area contributed by atoms with E-state index in [4.69, 9.17) is 0 Å². The van der Waals surface area contributed by atoms with E-state index in [1.54, 1.807) is 12.1 Å². The molecule has 1 aliphatic carbocycles. The van der Waals surface area contributed by atoms with Crippen molar-refractivity contribution in [1.82, 2.24) is 9.21 Å². The molecule has 1 saturated carbocycles. The Morgan fingerprint density at radius 1 is 0.909 bits per heavy atom. The largest absolute Gasteiger partial charge is 0.335 e. The summed E-state index contributed by atoms with van der Waals surface area (Å²) < 4.78 is 54.5. The van der Waals surface area contributed by atoms with Crippen LogP contribution in [0.3, 0.4) is 0 Å². The summed E-state index contributed by atoms with van der Waals surface area (Å²) in [6, 6.07) is 11.8. The van der Waals surface area contributed by atoms with E-state index >= 15 is 0 Å². The second-order valence-electron chi connectivity index (χ2n) is 8.99. The zero-order valence-electron chi connectivity index (χ0n) is 18.6. The molecule has 0 spiro atoms. The highest BCUT2D eigenvalue weighted by Crippen LogP contribution is 2.30. The highest BCUT2D eigenvalue weighted by Gasteiger charge is 2.36. The molecule has 0 aromatic heterocycles. The third-order valence-electron chi connectivity index (χ3n) is 6.82. The summed E-state index contributed by atoms with van der Waals surface area (Å²) in [5.41, 5.74) is 0.884. The number of nitrogens with zero attached hydrogens (tertiary/aromatic N) is 2. The first-order valence-corrected chi connectivity index (χ1v) is 13.1. The van der Waals surface area contributed by atoms with Gasteiger partial charge in [0.25, 0.3) is 0 Å². The highest BCUT2D eigenvalue weighted by molar-refractivity contribution is 7.89. The van der Waals surface area contributed by atoms with Gasteiger partial charge in [0.15, 0.2) is 0 Å². The summed E-state index contributed by atoms with van der Waals surface area (Å²) in [7, 11) is -3.94. The molecule has 0 atom stereocenters. The monoisotopic (exact) mass is 476 g/mol. The summed E-state index contributed by atoms with van der Waals surface area (Å²) in [5.74, 6) is -1.31. The number of sulfonamides is 1. The van der Waals surface area contributed by atoms with Gasteiger partial charge in [-0.1, -0.05) is 43.5 Å². The van der Waals surface area contributed by atoms with Crippen molar-refractivity contribution in [2.45, 2.75) is 62.4 Å². The molecule has 5 nitrogen and oxygen atoms in total. The van der Waals surface area contributed by atoms with Gasteiger partial charge in [-0.25, -0.2) is 17.2 Å². The van der Waals surface area contributed by atoms with Crippen LogP contribution in [0.1, 0.15) is 50.5 Å². The van der Waals surface area contributed by atoms with Crippen LogP contribution < -0.4 is 0 Å². The zero-order chi connectivity index (χ0) is 23.4. The molecule has 0 bridgehead atoms. The Kier molecular flexibility index (Phi) is 7.44. The summed E-state index contributed by atoms with van der Waals surface area (Å²) in [4.78, 5) is 15.2. The minimum absolute atomic E-state index is 0.0363. The van der Waals surface area contributed by atoms with E-state index in [9.17, 15) is 22.0 Å². The lowest BCUT2D eigenvalue weighted by Gasteiger charge is -2.39. The molecule has 1 saturated heterocycles. The van der Waals surface area contributed by atoms with Crippen molar-refractivity contribution >= 4 is 15.9 Å². The van der Waals surface area contributed by atoms with E-state index < -0.39 is 15.8 Å². The smallest absolute Gasteiger partial charge is 0.245 e. The van der Waals surface area contributed by atoms with E-state index in [0.29, 0.717) is 19.4 Å². The fourth-order valence-corrected chi connectivity index (χ4v) is 6.47. The SMILES string of the molecule is O=C(C1CCN(S(=O)(=O)c2ccccc2F)CC1)N(Cc1ccc(F)cc1)C1CCCCC1. The van der Waals surface area contributed by atoms with E-state index in [-0.39, 0.29) is 41.7 Å². The minimum atomic E-state index is -3.94. The van der Waals surface area contributed by atoms with Gasteiger partial charge in [0.2, 0.25) is 15.9 Å². The van der Waals surface area contributed by atoms with Gasteiger partial charge in [0.05, 0.1) is 0 Å². The van der Waals surface area contributed by atoms with Gasteiger partial charge in [0.1, 0.15) is 16.5 Å². The van der Waals surface area contributed by atoms with Crippen LogP contribution in [0.4, 0.5) is 8.78 Å². The van der Waals surface area contributed by atoms with E-state index in [1.807, 2.05) is 4.90 Å². The van der Waals surface area contributed by atoms with E-state index in [1.165, 1.54) is 41.1 Å². The number of halogens is 2. The second kappa shape index (κ2) is 10.3. The molecule has 4 rings (SSSR count). The fourth-order valence-electron chi connectivity index (χ4n) is 4.94. The Labute approximate surface area is 194 Å². The number of amides is 1. The normalized spacial score (nSPS) is 18.8. The van der Waals surface area contributed by atoms with E-state index in [0.717, 1.165) is 37.3 Å². The standard InChI is InChI=1S/C25H30F2N2O3S/c26-21-12-10-19(11-13-21)18-29(22-6-2-1-3-7-22)25(30)20-14-16-28(17-15-20)33(31,32)24-9-5-4-8-23(24)27/h4-5,8-13,20,22H,1-3,6-7,14-18H2. The molecule has 178 valence electrons. The number of rotatable bonds is 6. The van der Waals surface area contributed by atoms with Gasteiger partial charge in [-0.3, -0.25) is 4.79 Å². The third kappa shape index (κ3) is 5.44. The molecule has 0 unspecified atom stereocenters. The molecule has 1 heterocycles. The average Bonchev–Trinajstić information content (AvgIpc) is 2.84. The summed E-state index contributed by atoms with van der Waals surface area (Å²) >= 11 is 0. The predicted octanol–water partition coefficient (Wildman–Crippen LogP) is 4.73. The molecule has 1 amide bonds. The number of hydrogen-bond donors (Lipinski definition) is 0. The van der Waals surface area contributed by atoms with Gasteiger partial charge in [-0.05, 0) is 55.5 Å². The molecule has 0 radical (unpaired) electrons. The van der Waals surface area contributed by atoms with Crippen molar-refractivity contribution in [1.29, 1.82) is 0 Å². The van der Waals surface area contributed by atoms with E-state index in [2.05, 4.69) is 0 Å². The second-order valence-corrected chi connectivity index (χ2v) is 10.9. The molecule has 2 aromatic carbocycles. The lowest BCUT2D eigenvalue weighted by Crippen LogP contribution is -2.47. The first-order chi connectivity index (χ1) is 15.9. The van der Waals surface area contributed by atoms with Crippen molar-refractivity contribution < 1.29 is 22.0 Å². The molecule has 33 heavy (non-hydrogen) atoms. The number of piperidine rings is 1. The minimum Gasteiger partial charge on any atom is -0.335 e. The third-order valence-corrected chi connectivity index (χ3v) is 8.75. The number of carbonyl (C=O) groups is 1. The van der Waals surface area contributed by atoms with Crippen LogP contribution in [0.15, 0.2) is 53.4 Å². The molecular weight excluding hydrogens is 446 g/mol. The van der Waals surface area contributed by atoms with Crippen LogP contribution >= 0.6 is 0 Å². The van der Waals surface area contributed by atoms with Crippen LogP contribution in [0.2, 0.25) is 0 Å². The first-order valence-electron chi connectivity index (χ1n) is 11.7. The molecule has 1 aliphatic heterocycles. The van der Waals surface area contributed by atoms with Crippen molar-refractivity contribution in [3.8, 4) is 0 Å². The topological polar surface area (TPSA) is 57.7 Å². The maximum Gasteiger partial charge on any atom is 0.245 e. The number of benzene rings is 2. The molecule has 8 heteroatoms. The predicted molar refractivity (Wildman–Crippen MR) is 122 cm³/mol. The maximum atomic E-state index is 14.1. The molecule has 2 aromatic rings. The van der Waals surface area contributed by atoms with Crippen LogP contribution in [0.25, 0.3) is 0 Å². The molecule has 0 N–H and O–H groups in total. The van der Waals surface area contributed by atoms with Crippen molar-refractivity contribution in [2.24, 2.45) is 5.92 Å². The highest BCUT2D eigenvalue weighted by atomic mass is 32.2. The molecular formula is C25H30F2N2O3S. The van der Waals surface area contributed by atoms with Gasteiger partial charge in [0, 0.05) is 31.6 Å². The Bertz CT molecular complexity index is 1060. The summed E-state index contributed by atoms with van der Waals surface area (Å²) in [6.07, 6.45) is 6.04. The Balaban J connectivity index is 1.46. The maximum absolute atomic E-state index is 14.1. The van der Waals surface area contributed by atoms with Gasteiger partial charge < -0.3 is 4.90 Å². The van der Waals surface area contributed by atoms with Crippen LogP contribution in [-0.4, -0.2) is 42.7 Å². The van der Waals surface area contributed by atoms with Crippen molar-refractivity contribution in [3.05, 3.63) is 65.7 Å². The average molecular weight is 477 g/mol. The molecule has 2 aliphatic rings. The summed E-state index contributed by atoms with van der Waals surface area (Å²) in [6.45, 7) is 0.793. The number of hydrogen-bond acceptors (Lipinski definition) is 3. The van der Waals surface area contributed by atoms with Crippen LogP contribution in [0, 0.1) is 17.6 Å². The van der Waals surface area contributed by atoms with Crippen LogP contribution in [-0.2, 0) is 21.4 Å². The Morgan fingerprint density at radius 3 is 2.18 bits per heavy atom. The quantitative estimate of drug-likeness (QED) is 0.606. The fraction of sp³-hybridized carbons (Fsp3) is 0.480. The van der Waals surface area contributed by atoms with Gasteiger partial charge in [-0.15, -0.1) is 0 Å². The van der Waals surface area contributed by atoms with Crippen LogP contribution in [0.5, 0.6) is 0 Å². The zero-order valence-corrected chi connectivity index (χ0v) is 19.4.